The zero-order valence-electron chi connectivity index (χ0n) is 11.6. The minimum atomic E-state index is 0.364. The molecule has 0 radical (unpaired) electrons. The largest absolute Gasteiger partial charge is 0.385 e. The predicted molar refractivity (Wildman–Crippen MR) is 68.5 cm³/mol. The SMILES string of the molecule is COCCCC(C)NOCCCC(C)NOC. The zero-order valence-corrected chi connectivity index (χ0v) is 11.6. The van der Waals surface area contributed by atoms with E-state index in [-0.39, 0.29) is 0 Å². The van der Waals surface area contributed by atoms with Crippen molar-refractivity contribution >= 4 is 0 Å². The molecule has 17 heavy (non-hydrogen) atoms. The molecular weight excluding hydrogens is 220 g/mol. The second-order valence-corrected chi connectivity index (χ2v) is 4.37. The van der Waals surface area contributed by atoms with Crippen LogP contribution in [0.25, 0.3) is 0 Å². The van der Waals surface area contributed by atoms with Crippen LogP contribution in [-0.2, 0) is 14.4 Å². The molecule has 2 unspecified atom stereocenters. The maximum Gasteiger partial charge on any atom is 0.0682 e. The lowest BCUT2D eigenvalue weighted by atomic mass is 10.2. The third-order valence-electron chi connectivity index (χ3n) is 2.47. The smallest absolute Gasteiger partial charge is 0.0682 e. The Morgan fingerprint density at radius 3 is 2.06 bits per heavy atom. The van der Waals surface area contributed by atoms with Gasteiger partial charge in [-0.05, 0) is 39.5 Å². The van der Waals surface area contributed by atoms with E-state index in [2.05, 4.69) is 24.8 Å². The summed E-state index contributed by atoms with van der Waals surface area (Å²) in [4.78, 5) is 10.2. The van der Waals surface area contributed by atoms with Crippen molar-refractivity contribution in [2.24, 2.45) is 0 Å². The first kappa shape index (κ1) is 16.8. The van der Waals surface area contributed by atoms with Gasteiger partial charge < -0.3 is 14.4 Å². The number of nitrogens with one attached hydrogen (secondary N) is 2. The van der Waals surface area contributed by atoms with Crippen molar-refractivity contribution in [1.29, 1.82) is 0 Å². The highest BCUT2D eigenvalue weighted by Gasteiger charge is 2.02. The number of rotatable bonds is 12. The van der Waals surface area contributed by atoms with Crippen LogP contribution in [0.2, 0.25) is 0 Å². The minimum absolute atomic E-state index is 0.364. The van der Waals surface area contributed by atoms with Gasteiger partial charge in [0.2, 0.25) is 0 Å². The monoisotopic (exact) mass is 248 g/mol. The van der Waals surface area contributed by atoms with Crippen molar-refractivity contribution in [3.63, 3.8) is 0 Å². The summed E-state index contributed by atoms with van der Waals surface area (Å²) in [5, 5.41) is 0. The molecule has 0 bridgehead atoms. The van der Waals surface area contributed by atoms with E-state index in [4.69, 9.17) is 14.4 Å². The molecule has 0 aliphatic heterocycles. The van der Waals surface area contributed by atoms with Gasteiger partial charge in [-0.2, -0.15) is 5.48 Å². The third kappa shape index (κ3) is 12.1. The van der Waals surface area contributed by atoms with Crippen LogP contribution in [0.4, 0.5) is 0 Å². The maximum absolute atomic E-state index is 5.40. The van der Waals surface area contributed by atoms with Crippen LogP contribution in [0.1, 0.15) is 39.5 Å². The average Bonchev–Trinajstić information content (AvgIpc) is 2.29. The van der Waals surface area contributed by atoms with Crippen molar-refractivity contribution in [2.75, 3.05) is 27.4 Å². The minimum Gasteiger partial charge on any atom is -0.385 e. The molecule has 5 heteroatoms. The zero-order chi connectivity index (χ0) is 12.9. The van der Waals surface area contributed by atoms with Gasteiger partial charge in [-0.15, -0.1) is 0 Å². The molecule has 0 spiro atoms. The van der Waals surface area contributed by atoms with Gasteiger partial charge in [-0.25, -0.2) is 5.48 Å². The summed E-state index contributed by atoms with van der Waals surface area (Å²) in [6.45, 7) is 5.74. The van der Waals surface area contributed by atoms with Crippen LogP contribution in [-0.4, -0.2) is 39.5 Å². The van der Waals surface area contributed by atoms with Crippen molar-refractivity contribution in [3.05, 3.63) is 0 Å². The van der Waals surface area contributed by atoms with E-state index in [1.54, 1.807) is 14.2 Å². The Morgan fingerprint density at radius 2 is 1.47 bits per heavy atom. The molecule has 5 nitrogen and oxygen atoms in total. The third-order valence-corrected chi connectivity index (χ3v) is 2.47. The number of hydrogen-bond donors (Lipinski definition) is 2. The van der Waals surface area contributed by atoms with Crippen LogP contribution >= 0.6 is 0 Å². The Bertz CT molecular complexity index is 159. The molecule has 0 fully saturated rings. The summed E-state index contributed by atoms with van der Waals surface area (Å²) in [7, 11) is 3.36. The highest BCUT2D eigenvalue weighted by molar-refractivity contribution is 4.55. The van der Waals surface area contributed by atoms with Crippen LogP contribution in [0.5, 0.6) is 0 Å². The quantitative estimate of drug-likeness (QED) is 0.406. The fourth-order valence-corrected chi connectivity index (χ4v) is 1.52. The molecule has 0 aromatic heterocycles. The molecule has 104 valence electrons. The van der Waals surface area contributed by atoms with E-state index in [9.17, 15) is 0 Å². The van der Waals surface area contributed by atoms with E-state index in [0.29, 0.717) is 12.1 Å². The lowest BCUT2D eigenvalue weighted by molar-refractivity contribution is 0.00927. The lowest BCUT2D eigenvalue weighted by Gasteiger charge is -2.14. The van der Waals surface area contributed by atoms with E-state index in [1.165, 1.54) is 0 Å². The highest BCUT2D eigenvalue weighted by Crippen LogP contribution is 1.99. The summed E-state index contributed by atoms with van der Waals surface area (Å²) < 4.78 is 5.00. The predicted octanol–water partition coefficient (Wildman–Crippen LogP) is 1.64. The fraction of sp³-hybridized carbons (Fsp3) is 1.00. The molecule has 2 N–H and O–H groups in total. The molecule has 0 aromatic rings. The first-order valence-electron chi connectivity index (χ1n) is 6.35. The van der Waals surface area contributed by atoms with E-state index in [0.717, 1.165) is 38.9 Å². The molecule has 0 heterocycles. The molecule has 0 aliphatic rings. The van der Waals surface area contributed by atoms with Crippen molar-refractivity contribution in [3.8, 4) is 0 Å². The van der Waals surface area contributed by atoms with Gasteiger partial charge in [0.25, 0.3) is 0 Å². The summed E-state index contributed by atoms with van der Waals surface area (Å²) in [6, 6.07) is 0.738. The van der Waals surface area contributed by atoms with Crippen LogP contribution in [0.15, 0.2) is 0 Å². The molecule has 0 saturated carbocycles. The Balaban J connectivity index is 3.21. The second kappa shape index (κ2) is 12.3. The highest BCUT2D eigenvalue weighted by atomic mass is 16.6. The summed E-state index contributed by atoms with van der Waals surface area (Å²) in [5.74, 6) is 0. The number of methoxy groups -OCH3 is 1. The van der Waals surface area contributed by atoms with E-state index in [1.807, 2.05) is 0 Å². The Labute approximate surface area is 105 Å². The van der Waals surface area contributed by atoms with E-state index >= 15 is 0 Å². The molecular formula is C12H28N2O3. The standard InChI is InChI=1S/C12H28N2O3/c1-11(13-16-4)8-6-10-17-14-12(2)7-5-9-15-3/h11-14H,5-10H2,1-4H3. The lowest BCUT2D eigenvalue weighted by Crippen LogP contribution is -2.28. The number of hydrogen-bond acceptors (Lipinski definition) is 5. The van der Waals surface area contributed by atoms with Gasteiger partial charge in [0, 0.05) is 25.8 Å². The topological polar surface area (TPSA) is 51.8 Å². The van der Waals surface area contributed by atoms with Crippen LogP contribution < -0.4 is 11.0 Å². The number of ether oxygens (including phenoxy) is 1. The normalized spacial score (nSPS) is 14.8. The van der Waals surface area contributed by atoms with Crippen molar-refractivity contribution < 1.29 is 14.4 Å². The maximum atomic E-state index is 5.40. The Kier molecular flexibility index (Phi) is 12.1. The van der Waals surface area contributed by atoms with Crippen LogP contribution in [0.3, 0.4) is 0 Å². The van der Waals surface area contributed by atoms with E-state index < -0.39 is 0 Å². The average molecular weight is 248 g/mol. The van der Waals surface area contributed by atoms with Crippen molar-refractivity contribution in [1.82, 2.24) is 11.0 Å². The summed E-state index contributed by atoms with van der Waals surface area (Å²) in [5.41, 5.74) is 5.93. The first-order valence-corrected chi connectivity index (χ1v) is 6.35. The second-order valence-electron chi connectivity index (χ2n) is 4.37. The summed E-state index contributed by atoms with van der Waals surface area (Å²) in [6.07, 6.45) is 4.17. The molecule has 0 amide bonds. The molecule has 0 saturated heterocycles. The Hall–Kier alpha value is -0.200. The molecule has 0 aliphatic carbocycles. The van der Waals surface area contributed by atoms with Gasteiger partial charge in [0.15, 0.2) is 0 Å². The molecule has 0 rings (SSSR count). The van der Waals surface area contributed by atoms with Gasteiger partial charge in [0.05, 0.1) is 13.7 Å². The molecule has 0 aromatic carbocycles. The van der Waals surface area contributed by atoms with Gasteiger partial charge in [-0.3, -0.25) is 0 Å². The van der Waals surface area contributed by atoms with Crippen LogP contribution in [0, 0.1) is 0 Å². The van der Waals surface area contributed by atoms with Crippen molar-refractivity contribution in [2.45, 2.75) is 51.6 Å². The Morgan fingerprint density at radius 1 is 0.882 bits per heavy atom. The van der Waals surface area contributed by atoms with Gasteiger partial charge in [-0.1, -0.05) is 0 Å². The van der Waals surface area contributed by atoms with Gasteiger partial charge >= 0.3 is 0 Å². The number of hydroxylamine groups is 2. The van der Waals surface area contributed by atoms with Gasteiger partial charge in [0.1, 0.15) is 0 Å². The molecule has 2 atom stereocenters. The fourth-order valence-electron chi connectivity index (χ4n) is 1.52. The first-order chi connectivity index (χ1) is 8.20. The summed E-state index contributed by atoms with van der Waals surface area (Å²) >= 11 is 0.